The summed E-state index contributed by atoms with van der Waals surface area (Å²) in [4.78, 5) is 16.0. The second kappa shape index (κ2) is 10.4. The Morgan fingerprint density at radius 2 is 1.97 bits per heavy atom. The maximum atomic E-state index is 13.1. The SMILES string of the molecule is CN(C)CCNC(=O)N1CCCC(S(=O)(=O)c2cc(-c3ccccc3)cs2)C1.Cl. The number of carbonyl (C=O) groups is 1. The van der Waals surface area contributed by atoms with Gasteiger partial charge >= 0.3 is 6.03 Å². The molecule has 1 atom stereocenters. The molecule has 1 aromatic carbocycles. The highest BCUT2D eigenvalue weighted by atomic mass is 35.5. The lowest BCUT2D eigenvalue weighted by Crippen LogP contribution is -2.49. The van der Waals surface area contributed by atoms with Crippen LogP contribution in [-0.4, -0.2) is 69.8 Å². The molecular formula is C20H28ClN3O3S2. The number of carbonyl (C=O) groups excluding carboxylic acids is 1. The van der Waals surface area contributed by atoms with E-state index >= 15 is 0 Å². The third kappa shape index (κ3) is 5.94. The number of hydrogen-bond acceptors (Lipinski definition) is 5. The number of nitrogens with one attached hydrogen (secondary N) is 1. The van der Waals surface area contributed by atoms with E-state index in [1.165, 1.54) is 11.3 Å². The second-order valence-corrected chi connectivity index (χ2v) is 10.7. The number of benzene rings is 1. The number of likely N-dealkylation sites (tertiary alicyclic amines) is 1. The van der Waals surface area contributed by atoms with Crippen molar-refractivity contribution in [3.8, 4) is 11.1 Å². The molecule has 2 aromatic rings. The number of likely N-dealkylation sites (N-methyl/N-ethyl adjacent to an activating group) is 1. The maximum Gasteiger partial charge on any atom is 0.317 e. The van der Waals surface area contributed by atoms with Crippen LogP contribution >= 0.6 is 23.7 Å². The van der Waals surface area contributed by atoms with Gasteiger partial charge in [-0.15, -0.1) is 23.7 Å². The second-order valence-electron chi connectivity index (χ2n) is 7.31. The molecule has 2 amide bonds. The van der Waals surface area contributed by atoms with E-state index in [1.807, 2.05) is 54.7 Å². The minimum atomic E-state index is -3.46. The number of hydrogen-bond donors (Lipinski definition) is 1. The van der Waals surface area contributed by atoms with Crippen LogP contribution < -0.4 is 5.32 Å². The summed E-state index contributed by atoms with van der Waals surface area (Å²) in [6, 6.07) is 11.3. The van der Waals surface area contributed by atoms with Crippen molar-refractivity contribution in [3.63, 3.8) is 0 Å². The first-order valence-corrected chi connectivity index (χ1v) is 11.9. The molecule has 0 spiro atoms. The van der Waals surface area contributed by atoms with Gasteiger partial charge in [0.1, 0.15) is 4.21 Å². The molecule has 0 bridgehead atoms. The predicted molar refractivity (Wildman–Crippen MR) is 121 cm³/mol. The summed E-state index contributed by atoms with van der Waals surface area (Å²) < 4.78 is 26.7. The minimum absolute atomic E-state index is 0. The Morgan fingerprint density at radius 3 is 2.66 bits per heavy atom. The maximum absolute atomic E-state index is 13.1. The fourth-order valence-electron chi connectivity index (χ4n) is 3.29. The Labute approximate surface area is 183 Å². The van der Waals surface area contributed by atoms with Crippen LogP contribution in [0.25, 0.3) is 11.1 Å². The largest absolute Gasteiger partial charge is 0.337 e. The highest BCUT2D eigenvalue weighted by Gasteiger charge is 2.34. The molecular weight excluding hydrogens is 430 g/mol. The Bertz CT molecular complexity index is 901. The lowest BCUT2D eigenvalue weighted by atomic mass is 10.1. The number of rotatable bonds is 6. The lowest BCUT2D eigenvalue weighted by molar-refractivity contribution is 0.186. The van der Waals surface area contributed by atoms with Gasteiger partial charge in [0.25, 0.3) is 0 Å². The van der Waals surface area contributed by atoms with Crippen LogP contribution in [0.5, 0.6) is 0 Å². The monoisotopic (exact) mass is 457 g/mol. The number of sulfone groups is 1. The van der Waals surface area contributed by atoms with Crippen LogP contribution in [0.1, 0.15) is 12.8 Å². The summed E-state index contributed by atoms with van der Waals surface area (Å²) in [6.07, 6.45) is 1.28. The first-order chi connectivity index (χ1) is 13.4. The van der Waals surface area contributed by atoms with Gasteiger partial charge < -0.3 is 15.1 Å². The highest BCUT2D eigenvalue weighted by molar-refractivity contribution is 7.94. The Balaban J connectivity index is 0.00000300. The standard InChI is InChI=1S/C20H27N3O3S2.ClH/c1-22(2)12-10-21-20(24)23-11-6-9-18(14-23)28(25,26)19-13-17(15-27-19)16-7-4-3-5-8-16;/h3-5,7-8,13,15,18H,6,9-12,14H2,1-2H3,(H,21,24);1H. The van der Waals surface area contributed by atoms with Crippen molar-refractivity contribution in [1.82, 2.24) is 15.1 Å². The van der Waals surface area contributed by atoms with Crippen molar-refractivity contribution in [3.05, 3.63) is 41.8 Å². The van der Waals surface area contributed by atoms with Gasteiger partial charge in [0.2, 0.25) is 0 Å². The first kappa shape index (κ1) is 23.7. The van der Waals surface area contributed by atoms with E-state index in [4.69, 9.17) is 0 Å². The van der Waals surface area contributed by atoms with Gasteiger partial charge in [0.15, 0.2) is 9.84 Å². The number of halogens is 1. The summed E-state index contributed by atoms with van der Waals surface area (Å²) >= 11 is 1.26. The molecule has 2 heterocycles. The topological polar surface area (TPSA) is 69.7 Å². The van der Waals surface area contributed by atoms with Crippen LogP contribution in [0.2, 0.25) is 0 Å². The van der Waals surface area contributed by atoms with Crippen LogP contribution in [0, 0.1) is 0 Å². The summed E-state index contributed by atoms with van der Waals surface area (Å²) in [5, 5.41) is 4.21. The summed E-state index contributed by atoms with van der Waals surface area (Å²) in [5.74, 6) is 0. The van der Waals surface area contributed by atoms with Crippen molar-refractivity contribution in [2.24, 2.45) is 0 Å². The van der Waals surface area contributed by atoms with Crippen molar-refractivity contribution in [1.29, 1.82) is 0 Å². The molecule has 1 N–H and O–H groups in total. The van der Waals surface area contributed by atoms with Crippen LogP contribution in [-0.2, 0) is 9.84 Å². The predicted octanol–water partition coefficient (Wildman–Crippen LogP) is 3.35. The average Bonchev–Trinajstić information content (AvgIpc) is 3.19. The first-order valence-electron chi connectivity index (χ1n) is 9.43. The third-order valence-corrected chi connectivity index (χ3v) is 8.55. The zero-order chi connectivity index (χ0) is 20.1. The fourth-order valence-corrected chi connectivity index (χ4v) is 6.49. The molecule has 0 saturated carbocycles. The van der Waals surface area contributed by atoms with E-state index < -0.39 is 15.1 Å². The number of nitrogens with zero attached hydrogens (tertiary/aromatic N) is 2. The summed E-state index contributed by atoms with van der Waals surface area (Å²) in [6.45, 7) is 2.14. The molecule has 1 saturated heterocycles. The van der Waals surface area contributed by atoms with Gasteiger partial charge in [-0.1, -0.05) is 30.3 Å². The minimum Gasteiger partial charge on any atom is -0.337 e. The smallest absolute Gasteiger partial charge is 0.317 e. The Hall–Kier alpha value is -1.61. The number of thiophene rings is 1. The average molecular weight is 458 g/mol. The highest BCUT2D eigenvalue weighted by Crippen LogP contribution is 2.32. The van der Waals surface area contributed by atoms with Gasteiger partial charge in [-0.2, -0.15) is 0 Å². The van der Waals surface area contributed by atoms with Crippen molar-refractivity contribution >= 4 is 39.6 Å². The molecule has 0 aliphatic carbocycles. The summed E-state index contributed by atoms with van der Waals surface area (Å²) in [5.41, 5.74) is 1.92. The van der Waals surface area contributed by atoms with Gasteiger partial charge in [-0.3, -0.25) is 0 Å². The van der Waals surface area contributed by atoms with E-state index in [0.717, 1.165) is 17.7 Å². The molecule has 1 aliphatic rings. The van der Waals surface area contributed by atoms with Crippen molar-refractivity contribution in [2.75, 3.05) is 40.3 Å². The molecule has 1 fully saturated rings. The van der Waals surface area contributed by atoms with E-state index in [9.17, 15) is 13.2 Å². The summed E-state index contributed by atoms with van der Waals surface area (Å²) in [7, 11) is 0.429. The molecule has 3 rings (SSSR count). The number of piperidine rings is 1. The molecule has 9 heteroatoms. The molecule has 1 unspecified atom stereocenters. The zero-order valence-corrected chi connectivity index (χ0v) is 19.2. The lowest BCUT2D eigenvalue weighted by Gasteiger charge is -2.32. The molecule has 6 nitrogen and oxygen atoms in total. The van der Waals surface area contributed by atoms with E-state index in [1.54, 1.807) is 11.0 Å². The van der Waals surface area contributed by atoms with Crippen LogP contribution in [0.15, 0.2) is 46.0 Å². The van der Waals surface area contributed by atoms with Gasteiger partial charge in [-0.05, 0) is 49.5 Å². The van der Waals surface area contributed by atoms with Gasteiger partial charge in [0.05, 0.1) is 5.25 Å². The fraction of sp³-hybridized carbons (Fsp3) is 0.450. The third-order valence-electron chi connectivity index (χ3n) is 4.90. The molecule has 1 aliphatic heterocycles. The van der Waals surface area contributed by atoms with Crippen LogP contribution in [0.4, 0.5) is 4.79 Å². The zero-order valence-electron chi connectivity index (χ0n) is 16.7. The molecule has 1 aromatic heterocycles. The Kier molecular flexibility index (Phi) is 8.51. The Morgan fingerprint density at radius 1 is 1.24 bits per heavy atom. The molecule has 160 valence electrons. The van der Waals surface area contributed by atoms with Gasteiger partial charge in [0, 0.05) is 26.2 Å². The molecule has 29 heavy (non-hydrogen) atoms. The van der Waals surface area contributed by atoms with Gasteiger partial charge in [-0.25, -0.2) is 13.2 Å². The quantitative estimate of drug-likeness (QED) is 0.722. The van der Waals surface area contributed by atoms with Crippen LogP contribution in [0.3, 0.4) is 0 Å². The molecule has 0 radical (unpaired) electrons. The van der Waals surface area contributed by atoms with Crippen molar-refractivity contribution in [2.45, 2.75) is 22.3 Å². The van der Waals surface area contributed by atoms with Crippen molar-refractivity contribution < 1.29 is 13.2 Å². The van der Waals surface area contributed by atoms with E-state index in [-0.39, 0.29) is 25.0 Å². The normalized spacial score (nSPS) is 17.1. The van der Waals surface area contributed by atoms with E-state index in [0.29, 0.717) is 30.1 Å². The van der Waals surface area contributed by atoms with E-state index in [2.05, 4.69) is 5.32 Å². The number of amides is 2. The number of urea groups is 1.